The van der Waals surface area contributed by atoms with Gasteiger partial charge in [-0.25, -0.2) is 15.0 Å². The van der Waals surface area contributed by atoms with Gasteiger partial charge in [0.15, 0.2) is 0 Å². The van der Waals surface area contributed by atoms with E-state index in [9.17, 15) is 4.79 Å². The Labute approximate surface area is 172 Å². The van der Waals surface area contributed by atoms with E-state index in [1.807, 2.05) is 30.3 Å². The van der Waals surface area contributed by atoms with Gasteiger partial charge in [-0.05, 0) is 38.1 Å². The molecule has 1 aromatic carbocycles. The van der Waals surface area contributed by atoms with Crippen molar-refractivity contribution in [1.29, 1.82) is 0 Å². The van der Waals surface area contributed by atoms with Gasteiger partial charge in [-0.15, -0.1) is 11.3 Å². The fraction of sp³-hybridized carbons (Fsp3) is 0.333. The van der Waals surface area contributed by atoms with Crippen molar-refractivity contribution in [2.75, 3.05) is 31.5 Å². The first kappa shape index (κ1) is 18.2. The monoisotopic (exact) mass is 406 g/mol. The molecule has 148 valence electrons. The van der Waals surface area contributed by atoms with Gasteiger partial charge in [0.1, 0.15) is 15.9 Å². The summed E-state index contributed by atoms with van der Waals surface area (Å²) in [5.41, 5.74) is 1.39. The Kier molecular flexibility index (Phi) is 4.95. The highest BCUT2D eigenvalue weighted by Crippen LogP contribution is 2.29. The Bertz CT molecular complexity index is 1200. The number of nitrogens with one attached hydrogen (secondary N) is 1. The molecular weight excluding hydrogens is 384 g/mol. The second kappa shape index (κ2) is 7.88. The van der Waals surface area contributed by atoms with Gasteiger partial charge in [0.05, 0.1) is 16.6 Å². The van der Waals surface area contributed by atoms with E-state index in [0.717, 1.165) is 29.0 Å². The summed E-state index contributed by atoms with van der Waals surface area (Å²) in [7, 11) is 0. The summed E-state index contributed by atoms with van der Waals surface area (Å²) in [6.07, 6.45) is 7.27. The van der Waals surface area contributed by atoms with Crippen LogP contribution >= 0.6 is 11.3 Å². The summed E-state index contributed by atoms with van der Waals surface area (Å²) >= 11 is 1.38. The number of aromatic nitrogens is 4. The van der Waals surface area contributed by atoms with Crippen LogP contribution in [0, 0.1) is 0 Å². The van der Waals surface area contributed by atoms with E-state index < -0.39 is 0 Å². The molecule has 0 spiro atoms. The highest BCUT2D eigenvalue weighted by Gasteiger charge is 2.15. The fourth-order valence-electron chi connectivity index (χ4n) is 3.79. The molecule has 4 aromatic rings. The third kappa shape index (κ3) is 3.61. The molecule has 1 fully saturated rings. The zero-order valence-corrected chi connectivity index (χ0v) is 16.9. The third-order valence-electron chi connectivity index (χ3n) is 5.33. The van der Waals surface area contributed by atoms with Crippen LogP contribution in [0.3, 0.4) is 0 Å². The van der Waals surface area contributed by atoms with Crippen molar-refractivity contribution in [1.82, 2.24) is 24.4 Å². The molecule has 0 amide bonds. The minimum absolute atomic E-state index is 0.0798. The van der Waals surface area contributed by atoms with Gasteiger partial charge < -0.3 is 10.2 Å². The van der Waals surface area contributed by atoms with Crippen LogP contribution in [0.15, 0.2) is 47.7 Å². The first-order valence-corrected chi connectivity index (χ1v) is 10.8. The Morgan fingerprint density at radius 2 is 1.90 bits per heavy atom. The van der Waals surface area contributed by atoms with Crippen molar-refractivity contribution < 1.29 is 0 Å². The molecular formula is C21H22N6OS. The maximum Gasteiger partial charge on any atom is 0.275 e. The predicted molar refractivity (Wildman–Crippen MR) is 117 cm³/mol. The van der Waals surface area contributed by atoms with Crippen molar-refractivity contribution in [3.8, 4) is 5.69 Å². The first-order valence-electron chi connectivity index (χ1n) is 9.98. The quantitative estimate of drug-likeness (QED) is 0.548. The smallest absolute Gasteiger partial charge is 0.275 e. The van der Waals surface area contributed by atoms with Gasteiger partial charge in [-0.2, -0.15) is 0 Å². The molecule has 1 aliphatic heterocycles. The van der Waals surface area contributed by atoms with Crippen molar-refractivity contribution in [2.24, 2.45) is 0 Å². The predicted octanol–water partition coefficient (Wildman–Crippen LogP) is 3.29. The Morgan fingerprint density at radius 3 is 2.72 bits per heavy atom. The van der Waals surface area contributed by atoms with Crippen LogP contribution in [0.2, 0.25) is 0 Å². The molecule has 0 unspecified atom stereocenters. The summed E-state index contributed by atoms with van der Waals surface area (Å²) in [6.45, 7) is 4.17. The fourth-order valence-corrected chi connectivity index (χ4v) is 4.82. The Hall–Kier alpha value is -2.84. The van der Waals surface area contributed by atoms with Crippen LogP contribution in [0.4, 0.5) is 5.95 Å². The molecule has 4 heterocycles. The molecule has 5 rings (SSSR count). The molecule has 1 N–H and O–H groups in total. The number of likely N-dealkylation sites (tertiary alicyclic amines) is 1. The summed E-state index contributed by atoms with van der Waals surface area (Å²) in [5, 5.41) is 4.14. The maximum absolute atomic E-state index is 13.0. The Balaban J connectivity index is 1.41. The standard InChI is InChI=1S/C21H22N6OS/c28-20-18-17(24-14-27(20)15-7-3-1-4-8-15)16-13-23-21(25-19(16)29-18)22-9-12-26-10-5-2-6-11-26/h1,3-4,7-8,13-14H,2,5-6,9-12H2,(H,22,23,25). The summed E-state index contributed by atoms with van der Waals surface area (Å²) in [5.74, 6) is 0.601. The van der Waals surface area contributed by atoms with E-state index in [1.165, 1.54) is 43.7 Å². The molecule has 0 saturated carbocycles. The second-order valence-corrected chi connectivity index (χ2v) is 8.28. The van der Waals surface area contributed by atoms with E-state index in [4.69, 9.17) is 0 Å². The number of benzene rings is 1. The minimum atomic E-state index is -0.0798. The number of anilines is 1. The van der Waals surface area contributed by atoms with Crippen LogP contribution in [-0.2, 0) is 0 Å². The van der Waals surface area contributed by atoms with Gasteiger partial charge in [0, 0.05) is 19.3 Å². The molecule has 0 atom stereocenters. The second-order valence-electron chi connectivity index (χ2n) is 7.28. The zero-order valence-electron chi connectivity index (χ0n) is 16.0. The van der Waals surface area contributed by atoms with E-state index in [0.29, 0.717) is 16.2 Å². The zero-order chi connectivity index (χ0) is 19.6. The van der Waals surface area contributed by atoms with E-state index in [-0.39, 0.29) is 5.56 Å². The van der Waals surface area contributed by atoms with E-state index in [1.54, 1.807) is 17.1 Å². The van der Waals surface area contributed by atoms with Gasteiger partial charge in [-0.1, -0.05) is 24.6 Å². The van der Waals surface area contributed by atoms with Gasteiger partial charge in [-0.3, -0.25) is 9.36 Å². The van der Waals surface area contributed by atoms with Gasteiger partial charge in [0.2, 0.25) is 5.95 Å². The lowest BCUT2D eigenvalue weighted by Gasteiger charge is -2.26. The average molecular weight is 407 g/mol. The Morgan fingerprint density at radius 1 is 1.07 bits per heavy atom. The number of piperidine rings is 1. The topological polar surface area (TPSA) is 75.9 Å². The van der Waals surface area contributed by atoms with E-state index >= 15 is 0 Å². The van der Waals surface area contributed by atoms with Crippen LogP contribution < -0.4 is 10.9 Å². The van der Waals surface area contributed by atoms with Crippen LogP contribution in [0.1, 0.15) is 19.3 Å². The summed E-state index contributed by atoms with van der Waals surface area (Å²) in [6, 6.07) is 9.53. The SMILES string of the molecule is O=c1c2sc3nc(NCCN4CCCCC4)ncc3c2ncn1-c1ccccc1. The number of rotatable bonds is 5. The lowest BCUT2D eigenvalue weighted by Crippen LogP contribution is -2.33. The number of hydrogen-bond acceptors (Lipinski definition) is 7. The van der Waals surface area contributed by atoms with Crippen LogP contribution in [0.25, 0.3) is 26.1 Å². The normalized spacial score (nSPS) is 15.2. The molecule has 7 nitrogen and oxygen atoms in total. The lowest BCUT2D eigenvalue weighted by molar-refractivity contribution is 0.237. The molecule has 0 aliphatic carbocycles. The molecule has 0 bridgehead atoms. The van der Waals surface area contributed by atoms with Crippen molar-refractivity contribution in [2.45, 2.75) is 19.3 Å². The highest BCUT2D eigenvalue weighted by molar-refractivity contribution is 7.25. The highest BCUT2D eigenvalue weighted by atomic mass is 32.1. The van der Waals surface area contributed by atoms with Crippen molar-refractivity contribution >= 4 is 37.7 Å². The van der Waals surface area contributed by atoms with E-state index in [2.05, 4.69) is 25.2 Å². The lowest BCUT2D eigenvalue weighted by atomic mass is 10.1. The molecule has 1 saturated heterocycles. The van der Waals surface area contributed by atoms with Crippen molar-refractivity contribution in [3.05, 3.63) is 53.2 Å². The summed E-state index contributed by atoms with van der Waals surface area (Å²) in [4.78, 5) is 29.8. The molecule has 3 aromatic heterocycles. The van der Waals surface area contributed by atoms with Crippen LogP contribution in [0.5, 0.6) is 0 Å². The number of para-hydroxylation sites is 1. The third-order valence-corrected chi connectivity index (χ3v) is 6.41. The minimum Gasteiger partial charge on any atom is -0.353 e. The van der Waals surface area contributed by atoms with Gasteiger partial charge in [0.25, 0.3) is 5.56 Å². The molecule has 1 aliphatic rings. The largest absolute Gasteiger partial charge is 0.353 e. The summed E-state index contributed by atoms with van der Waals surface area (Å²) < 4.78 is 2.18. The maximum atomic E-state index is 13.0. The van der Waals surface area contributed by atoms with Gasteiger partial charge >= 0.3 is 0 Å². The molecule has 8 heteroatoms. The average Bonchev–Trinajstić information content (AvgIpc) is 3.14. The molecule has 0 radical (unpaired) electrons. The van der Waals surface area contributed by atoms with Crippen LogP contribution in [-0.4, -0.2) is 50.6 Å². The number of fused-ring (bicyclic) bond motifs is 3. The number of thiophene rings is 1. The first-order chi connectivity index (χ1) is 14.3. The van der Waals surface area contributed by atoms with Crippen molar-refractivity contribution in [3.63, 3.8) is 0 Å². The number of nitrogens with zero attached hydrogens (tertiary/aromatic N) is 5. The molecule has 29 heavy (non-hydrogen) atoms. The number of hydrogen-bond donors (Lipinski definition) is 1.